The molecule has 1 amide bonds. The Morgan fingerprint density at radius 2 is 1.86 bits per heavy atom. The van der Waals surface area contributed by atoms with Gasteiger partial charge in [0.2, 0.25) is 10.0 Å². The molecule has 7 nitrogen and oxygen atoms in total. The minimum atomic E-state index is -3.64. The SMILES string of the molecule is Cc1c(C(=O)Nc2ccccc2Cl)oc2ccc(S(=O)(=O)N3CCOCC3)cc12. The number of nitrogens with zero attached hydrogens (tertiary/aromatic N) is 1. The number of aryl methyl sites for hydroxylation is 1. The predicted octanol–water partition coefficient (Wildman–Crippen LogP) is 3.67. The number of nitrogens with one attached hydrogen (secondary N) is 1. The lowest BCUT2D eigenvalue weighted by molar-refractivity contribution is 0.0730. The van der Waals surface area contributed by atoms with Crippen molar-refractivity contribution >= 4 is 44.2 Å². The molecule has 4 rings (SSSR count). The summed E-state index contributed by atoms with van der Waals surface area (Å²) in [6, 6.07) is 11.5. The second kappa shape index (κ2) is 7.79. The molecule has 0 aliphatic carbocycles. The van der Waals surface area contributed by atoms with Crippen LogP contribution in [0.3, 0.4) is 0 Å². The third-order valence-electron chi connectivity index (χ3n) is 4.84. The van der Waals surface area contributed by atoms with Gasteiger partial charge in [-0.05, 0) is 37.3 Å². The molecule has 1 aliphatic heterocycles. The van der Waals surface area contributed by atoms with E-state index in [4.69, 9.17) is 20.8 Å². The first-order valence-electron chi connectivity index (χ1n) is 9.05. The summed E-state index contributed by atoms with van der Waals surface area (Å²) >= 11 is 6.09. The zero-order valence-corrected chi connectivity index (χ0v) is 17.2. The maximum absolute atomic E-state index is 12.9. The van der Waals surface area contributed by atoms with Gasteiger partial charge < -0.3 is 14.5 Å². The van der Waals surface area contributed by atoms with Gasteiger partial charge in [0.15, 0.2) is 5.76 Å². The highest BCUT2D eigenvalue weighted by molar-refractivity contribution is 7.89. The van der Waals surface area contributed by atoms with Crippen molar-refractivity contribution in [3.63, 3.8) is 0 Å². The molecule has 0 saturated carbocycles. The van der Waals surface area contributed by atoms with Gasteiger partial charge in [0.1, 0.15) is 5.58 Å². The number of ether oxygens (including phenoxy) is 1. The molecule has 1 aliphatic rings. The van der Waals surface area contributed by atoms with E-state index in [1.165, 1.54) is 10.4 Å². The van der Waals surface area contributed by atoms with E-state index in [0.29, 0.717) is 53.5 Å². The number of anilines is 1. The van der Waals surface area contributed by atoms with Crippen LogP contribution in [0.15, 0.2) is 51.8 Å². The van der Waals surface area contributed by atoms with Gasteiger partial charge in [-0.25, -0.2) is 8.42 Å². The number of carbonyl (C=O) groups is 1. The third kappa shape index (κ3) is 3.76. The molecule has 0 radical (unpaired) electrons. The first-order chi connectivity index (χ1) is 13.9. The standard InChI is InChI=1S/C20H19ClN2O5S/c1-13-15-12-14(29(25,26)23-8-10-27-11-9-23)6-7-18(15)28-19(13)20(24)22-17-5-3-2-4-16(17)21/h2-7,12H,8-11H2,1H3,(H,22,24). The van der Waals surface area contributed by atoms with Crippen molar-refractivity contribution < 1.29 is 22.4 Å². The molecule has 152 valence electrons. The van der Waals surface area contributed by atoms with Gasteiger partial charge in [-0.1, -0.05) is 23.7 Å². The normalized spacial score (nSPS) is 15.5. The molecule has 1 saturated heterocycles. The lowest BCUT2D eigenvalue weighted by Crippen LogP contribution is -2.40. The van der Waals surface area contributed by atoms with Crippen LogP contribution in [-0.4, -0.2) is 44.9 Å². The van der Waals surface area contributed by atoms with Gasteiger partial charge in [-0.15, -0.1) is 0 Å². The Balaban J connectivity index is 1.67. The minimum Gasteiger partial charge on any atom is -0.451 e. The first kappa shape index (κ1) is 19.9. The maximum atomic E-state index is 12.9. The average Bonchev–Trinajstić information content (AvgIpc) is 3.06. The monoisotopic (exact) mass is 434 g/mol. The number of morpholine rings is 1. The van der Waals surface area contributed by atoms with Crippen molar-refractivity contribution in [2.24, 2.45) is 0 Å². The van der Waals surface area contributed by atoms with Crippen LogP contribution in [0.4, 0.5) is 5.69 Å². The highest BCUT2D eigenvalue weighted by Crippen LogP contribution is 2.30. The van der Waals surface area contributed by atoms with E-state index in [0.717, 1.165) is 0 Å². The molecule has 0 unspecified atom stereocenters. The van der Waals surface area contributed by atoms with Crippen LogP contribution in [0, 0.1) is 6.92 Å². The summed E-state index contributed by atoms with van der Waals surface area (Å²) < 4.78 is 38.1. The van der Waals surface area contributed by atoms with Gasteiger partial charge in [0, 0.05) is 24.0 Å². The fourth-order valence-corrected chi connectivity index (χ4v) is 4.87. The van der Waals surface area contributed by atoms with Crippen molar-refractivity contribution in [1.82, 2.24) is 4.31 Å². The van der Waals surface area contributed by atoms with Gasteiger partial charge >= 0.3 is 0 Å². The van der Waals surface area contributed by atoms with E-state index in [2.05, 4.69) is 5.32 Å². The lowest BCUT2D eigenvalue weighted by Gasteiger charge is -2.26. The Kier molecular flexibility index (Phi) is 5.35. The lowest BCUT2D eigenvalue weighted by atomic mass is 10.1. The van der Waals surface area contributed by atoms with E-state index in [1.807, 2.05) is 0 Å². The molecular weight excluding hydrogens is 416 g/mol. The fraction of sp³-hybridized carbons (Fsp3) is 0.250. The molecule has 0 spiro atoms. The summed E-state index contributed by atoms with van der Waals surface area (Å²) in [5, 5.41) is 3.70. The van der Waals surface area contributed by atoms with E-state index in [1.54, 1.807) is 43.3 Å². The van der Waals surface area contributed by atoms with Gasteiger partial charge in [-0.2, -0.15) is 4.31 Å². The predicted molar refractivity (Wildman–Crippen MR) is 110 cm³/mol. The Morgan fingerprint density at radius 1 is 1.14 bits per heavy atom. The second-order valence-corrected chi connectivity index (χ2v) is 9.01. The molecule has 2 heterocycles. The van der Waals surface area contributed by atoms with Gasteiger partial charge in [0.25, 0.3) is 5.91 Å². The number of hydrogen-bond acceptors (Lipinski definition) is 5. The molecule has 2 aromatic carbocycles. The summed E-state index contributed by atoms with van der Waals surface area (Å²) in [5.41, 5.74) is 1.46. The average molecular weight is 435 g/mol. The van der Waals surface area contributed by atoms with Crippen molar-refractivity contribution in [2.45, 2.75) is 11.8 Å². The number of furan rings is 1. The van der Waals surface area contributed by atoms with Crippen LogP contribution >= 0.6 is 11.6 Å². The number of fused-ring (bicyclic) bond motifs is 1. The summed E-state index contributed by atoms with van der Waals surface area (Å²) in [4.78, 5) is 12.8. The smallest absolute Gasteiger partial charge is 0.291 e. The summed E-state index contributed by atoms with van der Waals surface area (Å²) in [6.45, 7) is 3.10. The Hall–Kier alpha value is -2.39. The molecular formula is C20H19ClN2O5S. The van der Waals surface area contributed by atoms with Crippen molar-refractivity contribution in [3.8, 4) is 0 Å². The number of benzene rings is 2. The molecule has 0 bridgehead atoms. The van der Waals surface area contributed by atoms with Crippen molar-refractivity contribution in [2.75, 3.05) is 31.6 Å². The van der Waals surface area contributed by atoms with Crippen LogP contribution in [0.2, 0.25) is 5.02 Å². The molecule has 9 heteroatoms. The molecule has 1 aromatic heterocycles. The van der Waals surface area contributed by atoms with Crippen LogP contribution in [-0.2, 0) is 14.8 Å². The number of para-hydroxylation sites is 1. The fourth-order valence-electron chi connectivity index (χ4n) is 3.25. The molecule has 3 aromatic rings. The maximum Gasteiger partial charge on any atom is 0.291 e. The minimum absolute atomic E-state index is 0.112. The zero-order valence-electron chi connectivity index (χ0n) is 15.6. The Morgan fingerprint density at radius 3 is 2.59 bits per heavy atom. The topological polar surface area (TPSA) is 88.8 Å². The Labute approximate surface area is 173 Å². The number of halogens is 1. The summed E-state index contributed by atoms with van der Waals surface area (Å²) in [7, 11) is -3.64. The van der Waals surface area contributed by atoms with Crippen LogP contribution < -0.4 is 5.32 Å². The van der Waals surface area contributed by atoms with Crippen LogP contribution in [0.5, 0.6) is 0 Å². The van der Waals surface area contributed by atoms with E-state index < -0.39 is 15.9 Å². The number of amides is 1. The van der Waals surface area contributed by atoms with Gasteiger partial charge in [0.05, 0.1) is 28.8 Å². The number of carbonyl (C=O) groups excluding carboxylic acids is 1. The third-order valence-corrected chi connectivity index (χ3v) is 7.07. The quantitative estimate of drug-likeness (QED) is 0.676. The van der Waals surface area contributed by atoms with Gasteiger partial charge in [-0.3, -0.25) is 4.79 Å². The number of sulfonamides is 1. The zero-order chi connectivity index (χ0) is 20.6. The number of hydrogen-bond donors (Lipinski definition) is 1. The highest BCUT2D eigenvalue weighted by Gasteiger charge is 2.27. The first-order valence-corrected chi connectivity index (χ1v) is 10.9. The molecule has 0 atom stereocenters. The summed E-state index contributed by atoms with van der Waals surface area (Å²) in [6.07, 6.45) is 0. The molecule has 29 heavy (non-hydrogen) atoms. The highest BCUT2D eigenvalue weighted by atomic mass is 35.5. The molecule has 1 N–H and O–H groups in total. The van der Waals surface area contributed by atoms with Crippen molar-refractivity contribution in [3.05, 3.63) is 58.8 Å². The summed E-state index contributed by atoms with van der Waals surface area (Å²) in [5.74, 6) is -0.342. The van der Waals surface area contributed by atoms with Crippen LogP contribution in [0.1, 0.15) is 16.1 Å². The van der Waals surface area contributed by atoms with Crippen molar-refractivity contribution in [1.29, 1.82) is 0 Å². The van der Waals surface area contributed by atoms with E-state index in [9.17, 15) is 13.2 Å². The van der Waals surface area contributed by atoms with E-state index >= 15 is 0 Å². The molecule has 1 fully saturated rings. The Bertz CT molecular complexity index is 1180. The second-order valence-electron chi connectivity index (χ2n) is 6.66. The number of rotatable bonds is 4. The largest absolute Gasteiger partial charge is 0.451 e. The van der Waals surface area contributed by atoms with E-state index in [-0.39, 0.29) is 10.7 Å². The van der Waals surface area contributed by atoms with Crippen LogP contribution in [0.25, 0.3) is 11.0 Å².